The molecule has 0 aromatic carbocycles. The Balaban J connectivity index is 1.93. The van der Waals surface area contributed by atoms with Crippen molar-refractivity contribution in [2.75, 3.05) is 7.05 Å². The Bertz CT molecular complexity index is 588. The van der Waals surface area contributed by atoms with Gasteiger partial charge in [-0.2, -0.15) is 18.4 Å². The zero-order valence-corrected chi connectivity index (χ0v) is 11.9. The molecule has 1 N–H and O–H groups in total. The predicted molar refractivity (Wildman–Crippen MR) is 70.7 cm³/mol. The molecule has 0 saturated heterocycles. The number of nitrogens with one attached hydrogen (secondary N) is 1. The van der Waals surface area contributed by atoms with E-state index in [4.69, 9.17) is 5.26 Å². The summed E-state index contributed by atoms with van der Waals surface area (Å²) < 4.78 is 37.2. The molecule has 0 atom stereocenters. The van der Waals surface area contributed by atoms with Gasteiger partial charge in [-0.3, -0.25) is 14.8 Å². The average Bonchev–Trinajstić information content (AvgIpc) is 2.43. The summed E-state index contributed by atoms with van der Waals surface area (Å²) in [6.07, 6.45) is -1.76. The molecule has 118 valence electrons. The fourth-order valence-corrected chi connectivity index (χ4v) is 2.19. The Morgan fingerprint density at radius 3 is 2.59 bits per heavy atom. The van der Waals surface area contributed by atoms with Crippen molar-refractivity contribution in [3.8, 4) is 6.07 Å². The number of nitrogens with zero attached hydrogens (tertiary/aromatic N) is 3. The minimum absolute atomic E-state index is 0.0991. The predicted octanol–water partition coefficient (Wildman–Crippen LogP) is 2.26. The van der Waals surface area contributed by atoms with Crippen LogP contribution in [0.5, 0.6) is 0 Å². The van der Waals surface area contributed by atoms with E-state index in [0.717, 1.165) is 18.7 Å². The zero-order valence-electron chi connectivity index (χ0n) is 11.9. The molecule has 1 amide bonds. The summed E-state index contributed by atoms with van der Waals surface area (Å²) in [6.45, 7) is 0.0991. The van der Waals surface area contributed by atoms with Gasteiger partial charge in [0, 0.05) is 13.2 Å². The van der Waals surface area contributed by atoms with Gasteiger partial charge < -0.3 is 0 Å². The van der Waals surface area contributed by atoms with Crippen LogP contribution in [-0.2, 0) is 17.5 Å². The first kappa shape index (κ1) is 16.2. The monoisotopic (exact) mass is 312 g/mol. The van der Waals surface area contributed by atoms with E-state index in [1.807, 2.05) is 6.07 Å². The number of pyridine rings is 1. The Morgan fingerprint density at radius 2 is 2.18 bits per heavy atom. The van der Waals surface area contributed by atoms with Crippen molar-refractivity contribution in [2.24, 2.45) is 5.41 Å². The summed E-state index contributed by atoms with van der Waals surface area (Å²) in [7, 11) is 1.49. The van der Waals surface area contributed by atoms with Crippen LogP contribution in [0.15, 0.2) is 18.3 Å². The molecule has 5 nitrogen and oxygen atoms in total. The largest absolute Gasteiger partial charge is 0.417 e. The Labute approximate surface area is 125 Å². The summed E-state index contributed by atoms with van der Waals surface area (Å²) >= 11 is 0. The van der Waals surface area contributed by atoms with Crippen molar-refractivity contribution in [2.45, 2.75) is 32.0 Å². The number of aromatic nitrogens is 1. The van der Waals surface area contributed by atoms with Gasteiger partial charge in [0.15, 0.2) is 0 Å². The lowest BCUT2D eigenvalue weighted by molar-refractivity contribution is -0.144. The highest BCUT2D eigenvalue weighted by molar-refractivity contribution is 5.85. The summed E-state index contributed by atoms with van der Waals surface area (Å²) in [5.74, 6) is -0.326. The Morgan fingerprint density at radius 1 is 1.50 bits per heavy atom. The fourth-order valence-electron chi connectivity index (χ4n) is 2.19. The van der Waals surface area contributed by atoms with Crippen LogP contribution < -0.4 is 5.43 Å². The van der Waals surface area contributed by atoms with E-state index in [1.54, 1.807) is 0 Å². The highest BCUT2D eigenvalue weighted by Gasteiger charge is 2.46. The van der Waals surface area contributed by atoms with Gasteiger partial charge in [0.05, 0.1) is 23.9 Å². The molecule has 0 bridgehead atoms. The molecule has 0 unspecified atom stereocenters. The number of carbonyl (C=O) groups excluding carboxylic acids is 1. The lowest BCUT2D eigenvalue weighted by Crippen LogP contribution is -2.50. The molecule has 0 spiro atoms. The first-order chi connectivity index (χ1) is 10.3. The number of amides is 1. The van der Waals surface area contributed by atoms with Crippen molar-refractivity contribution in [3.63, 3.8) is 0 Å². The van der Waals surface area contributed by atoms with E-state index in [1.165, 1.54) is 18.1 Å². The van der Waals surface area contributed by atoms with Crippen molar-refractivity contribution < 1.29 is 18.0 Å². The van der Waals surface area contributed by atoms with Crippen LogP contribution in [-0.4, -0.2) is 22.9 Å². The minimum atomic E-state index is -4.42. The molecule has 1 aliphatic carbocycles. The number of alkyl halides is 3. The van der Waals surface area contributed by atoms with E-state index >= 15 is 0 Å². The third-order valence-electron chi connectivity index (χ3n) is 3.78. The molecule has 1 aromatic rings. The SMILES string of the molecule is CN(NCc1ccc(C(F)(F)F)cn1)C(=O)C1(C#N)CCC1. The maximum Gasteiger partial charge on any atom is 0.417 e. The van der Waals surface area contributed by atoms with Gasteiger partial charge in [0.1, 0.15) is 5.41 Å². The van der Waals surface area contributed by atoms with Gasteiger partial charge in [0.2, 0.25) is 0 Å². The average molecular weight is 312 g/mol. The van der Waals surface area contributed by atoms with Crippen molar-refractivity contribution in [1.29, 1.82) is 5.26 Å². The number of hydrogen-bond acceptors (Lipinski definition) is 4. The summed E-state index contributed by atoms with van der Waals surface area (Å²) in [5, 5.41) is 10.3. The zero-order chi connectivity index (χ0) is 16.4. The normalized spacial score (nSPS) is 16.5. The number of hydrogen-bond donors (Lipinski definition) is 1. The van der Waals surface area contributed by atoms with Gasteiger partial charge in [-0.1, -0.05) is 0 Å². The Kier molecular flexibility index (Phi) is 4.37. The fraction of sp³-hybridized carbons (Fsp3) is 0.500. The molecule has 1 aromatic heterocycles. The number of halogens is 3. The maximum absolute atomic E-state index is 12.4. The second kappa shape index (κ2) is 5.93. The van der Waals surface area contributed by atoms with Crippen molar-refractivity contribution in [1.82, 2.24) is 15.4 Å². The van der Waals surface area contributed by atoms with E-state index in [9.17, 15) is 18.0 Å². The molecule has 1 fully saturated rings. The topological polar surface area (TPSA) is 69.0 Å². The van der Waals surface area contributed by atoms with Crippen LogP contribution in [0.1, 0.15) is 30.5 Å². The first-order valence-corrected chi connectivity index (χ1v) is 6.73. The minimum Gasteiger partial charge on any atom is -0.279 e. The Hall–Kier alpha value is -2.14. The van der Waals surface area contributed by atoms with E-state index < -0.39 is 17.2 Å². The highest BCUT2D eigenvalue weighted by Crippen LogP contribution is 2.41. The van der Waals surface area contributed by atoms with Crippen LogP contribution in [0.3, 0.4) is 0 Å². The smallest absolute Gasteiger partial charge is 0.279 e. The van der Waals surface area contributed by atoms with Crippen LogP contribution in [0.4, 0.5) is 13.2 Å². The van der Waals surface area contributed by atoms with Gasteiger partial charge in [0.25, 0.3) is 5.91 Å². The molecule has 1 heterocycles. The first-order valence-electron chi connectivity index (χ1n) is 6.73. The molecular formula is C14H15F3N4O. The highest BCUT2D eigenvalue weighted by atomic mass is 19.4. The second-order valence-corrected chi connectivity index (χ2v) is 5.28. The quantitative estimate of drug-likeness (QED) is 0.866. The second-order valence-electron chi connectivity index (χ2n) is 5.28. The molecular weight excluding hydrogens is 297 g/mol. The summed E-state index contributed by atoms with van der Waals surface area (Å²) in [4.78, 5) is 15.9. The lowest BCUT2D eigenvalue weighted by atomic mass is 9.69. The van der Waals surface area contributed by atoms with E-state index in [2.05, 4.69) is 10.4 Å². The molecule has 1 aliphatic rings. The van der Waals surface area contributed by atoms with Gasteiger partial charge >= 0.3 is 6.18 Å². The molecule has 8 heteroatoms. The third kappa shape index (κ3) is 3.20. The van der Waals surface area contributed by atoms with Crippen LogP contribution in [0, 0.1) is 16.7 Å². The van der Waals surface area contributed by atoms with Gasteiger partial charge in [-0.15, -0.1) is 0 Å². The number of carbonyl (C=O) groups is 1. The van der Waals surface area contributed by atoms with Gasteiger partial charge in [-0.05, 0) is 31.4 Å². The third-order valence-corrected chi connectivity index (χ3v) is 3.78. The summed E-state index contributed by atoms with van der Waals surface area (Å²) in [6, 6.07) is 4.23. The van der Waals surface area contributed by atoms with Crippen molar-refractivity contribution in [3.05, 3.63) is 29.6 Å². The van der Waals surface area contributed by atoms with Crippen LogP contribution >= 0.6 is 0 Å². The molecule has 0 aliphatic heterocycles. The maximum atomic E-state index is 12.4. The summed E-state index contributed by atoms with van der Waals surface area (Å²) in [5.41, 5.74) is 1.34. The van der Waals surface area contributed by atoms with Crippen LogP contribution in [0.25, 0.3) is 0 Å². The molecule has 0 radical (unpaired) electrons. The van der Waals surface area contributed by atoms with Gasteiger partial charge in [-0.25, -0.2) is 5.43 Å². The molecule has 1 saturated carbocycles. The van der Waals surface area contributed by atoms with E-state index in [0.29, 0.717) is 18.5 Å². The van der Waals surface area contributed by atoms with E-state index in [-0.39, 0.29) is 12.5 Å². The standard InChI is InChI=1S/C14H15F3N4O/c1-21(12(22)13(9-18)5-2-6-13)20-8-11-4-3-10(7-19-11)14(15,16)17/h3-4,7,20H,2,5-6,8H2,1H3. The molecule has 22 heavy (non-hydrogen) atoms. The lowest BCUT2D eigenvalue weighted by Gasteiger charge is -2.36. The molecule has 2 rings (SSSR count). The number of rotatable bonds is 4. The number of hydrazine groups is 1. The van der Waals surface area contributed by atoms with Crippen LogP contribution in [0.2, 0.25) is 0 Å². The number of nitriles is 1. The van der Waals surface area contributed by atoms with Crippen molar-refractivity contribution >= 4 is 5.91 Å².